The van der Waals surface area contributed by atoms with Crippen molar-refractivity contribution in [2.24, 2.45) is 0 Å². The first-order valence-corrected chi connectivity index (χ1v) is 10.1. The quantitative estimate of drug-likeness (QED) is 0.472. The van der Waals surface area contributed by atoms with E-state index in [2.05, 4.69) is 22.0 Å². The summed E-state index contributed by atoms with van der Waals surface area (Å²) in [7, 11) is 0. The Morgan fingerprint density at radius 1 is 1.23 bits per heavy atom. The maximum Gasteiger partial charge on any atom is 0.325 e. The summed E-state index contributed by atoms with van der Waals surface area (Å²) in [5.74, 6) is -3.48. The Hall–Kier alpha value is -3.30. The van der Waals surface area contributed by atoms with Crippen molar-refractivity contribution in [1.82, 2.24) is 20.9 Å². The monoisotopic (exact) mass is 434 g/mol. The largest absolute Gasteiger partial charge is 0.337 e. The summed E-state index contributed by atoms with van der Waals surface area (Å²) >= 11 is 0. The Labute approximate surface area is 178 Å². The molecule has 31 heavy (non-hydrogen) atoms. The molecule has 10 heteroatoms. The number of imide groups is 2. The average molecular weight is 434 g/mol. The van der Waals surface area contributed by atoms with Gasteiger partial charge >= 0.3 is 12.1 Å². The van der Waals surface area contributed by atoms with Crippen LogP contribution in [0.1, 0.15) is 44.6 Å². The second-order valence-electron chi connectivity index (χ2n) is 7.73. The Morgan fingerprint density at radius 3 is 2.71 bits per heavy atom. The molecule has 0 saturated carbocycles. The van der Waals surface area contributed by atoms with Crippen molar-refractivity contribution < 1.29 is 28.0 Å². The van der Waals surface area contributed by atoms with Crippen LogP contribution in [0, 0.1) is 11.6 Å². The number of urea groups is 2. The number of hydrogen-bond donors (Lipinski definition) is 3. The minimum atomic E-state index is -1.88. The first-order chi connectivity index (χ1) is 14.7. The Balaban J connectivity index is 1.55. The zero-order valence-corrected chi connectivity index (χ0v) is 17.1. The molecule has 6 amide bonds. The Bertz CT molecular complexity index is 949. The van der Waals surface area contributed by atoms with Crippen molar-refractivity contribution >= 4 is 23.9 Å². The molecule has 1 heterocycles. The number of carbonyl (C=O) groups excluding carboxylic acids is 4. The lowest BCUT2D eigenvalue weighted by Crippen LogP contribution is -2.47. The highest BCUT2D eigenvalue weighted by molar-refractivity contribution is 6.10. The second-order valence-corrected chi connectivity index (χ2v) is 7.73. The predicted octanol–water partition coefficient (Wildman–Crippen LogP) is 2.45. The molecule has 1 fully saturated rings. The van der Waals surface area contributed by atoms with E-state index in [0.29, 0.717) is 17.9 Å². The van der Waals surface area contributed by atoms with Gasteiger partial charge in [-0.2, -0.15) is 0 Å². The molecule has 3 N–H and O–H groups in total. The molecule has 1 atom stereocenters. The number of rotatable bonds is 6. The number of nitrogens with one attached hydrogen (secondary N) is 3. The third kappa shape index (κ3) is 5.07. The zero-order valence-electron chi connectivity index (χ0n) is 17.1. The molecule has 0 aromatic heterocycles. The Kier molecular flexibility index (Phi) is 6.67. The maximum atomic E-state index is 14.2. The zero-order chi connectivity index (χ0) is 22.6. The number of nitrogens with zero attached hydrogens (tertiary/aromatic N) is 1. The fraction of sp³-hybridized carbons (Fsp3) is 0.429. The summed E-state index contributed by atoms with van der Waals surface area (Å²) < 4.78 is 27.7. The van der Waals surface area contributed by atoms with E-state index in [1.165, 1.54) is 18.9 Å². The maximum absolute atomic E-state index is 14.2. The number of benzene rings is 1. The SMILES string of the molecule is CC1(c2cc(F)ccc2F)NC(=O)N(CC(=O)NC(=O)NCCC2=CCCCC2)C1=O. The molecule has 3 rings (SSSR count). The van der Waals surface area contributed by atoms with Crippen molar-refractivity contribution in [1.29, 1.82) is 0 Å². The van der Waals surface area contributed by atoms with Gasteiger partial charge in [-0.1, -0.05) is 11.6 Å². The van der Waals surface area contributed by atoms with Crippen LogP contribution in [0.5, 0.6) is 0 Å². The molecule has 8 nitrogen and oxygen atoms in total. The summed E-state index contributed by atoms with van der Waals surface area (Å²) in [6.07, 6.45) is 7.17. The molecule has 1 unspecified atom stereocenters. The van der Waals surface area contributed by atoms with Crippen LogP contribution >= 0.6 is 0 Å². The number of hydrogen-bond acceptors (Lipinski definition) is 4. The van der Waals surface area contributed by atoms with Crippen LogP contribution in [0.25, 0.3) is 0 Å². The van der Waals surface area contributed by atoms with Crippen molar-refractivity contribution in [2.45, 2.75) is 44.6 Å². The van der Waals surface area contributed by atoms with E-state index < -0.39 is 47.6 Å². The Morgan fingerprint density at radius 2 is 2.00 bits per heavy atom. The first kappa shape index (κ1) is 22.4. The fourth-order valence-corrected chi connectivity index (χ4v) is 3.73. The van der Waals surface area contributed by atoms with E-state index in [0.717, 1.165) is 37.5 Å². The number of allylic oxidation sites excluding steroid dienone is 1. The average Bonchev–Trinajstić information content (AvgIpc) is 2.94. The van der Waals surface area contributed by atoms with Gasteiger partial charge in [0.15, 0.2) is 0 Å². The van der Waals surface area contributed by atoms with Gasteiger partial charge in [0.2, 0.25) is 5.91 Å². The summed E-state index contributed by atoms with van der Waals surface area (Å²) in [6.45, 7) is 0.830. The molecular weight excluding hydrogens is 410 g/mol. The lowest BCUT2D eigenvalue weighted by Gasteiger charge is -2.22. The van der Waals surface area contributed by atoms with Crippen molar-refractivity contribution in [3.8, 4) is 0 Å². The molecule has 2 aliphatic rings. The molecule has 1 aliphatic heterocycles. The molecule has 1 aliphatic carbocycles. The topological polar surface area (TPSA) is 108 Å². The smallest absolute Gasteiger partial charge is 0.325 e. The minimum Gasteiger partial charge on any atom is -0.337 e. The van der Waals surface area contributed by atoms with Gasteiger partial charge in [-0.3, -0.25) is 19.8 Å². The van der Waals surface area contributed by atoms with E-state index >= 15 is 0 Å². The standard InChI is InChI=1S/C21H24F2N4O4/c1-21(15-11-14(22)7-8-16(15)23)18(29)27(20(31)26-21)12-17(28)25-19(30)24-10-9-13-5-3-2-4-6-13/h5,7-8,11H,2-4,6,9-10,12H2,1H3,(H,26,31)(H2,24,25,28,30). The molecule has 1 aromatic rings. The van der Waals surface area contributed by atoms with Crippen LogP contribution in [0.4, 0.5) is 18.4 Å². The highest BCUT2D eigenvalue weighted by Gasteiger charge is 2.50. The van der Waals surface area contributed by atoms with Crippen LogP contribution in [-0.4, -0.2) is 41.9 Å². The van der Waals surface area contributed by atoms with Gasteiger partial charge in [0, 0.05) is 12.1 Å². The van der Waals surface area contributed by atoms with E-state index in [1.807, 2.05) is 0 Å². The van der Waals surface area contributed by atoms with Crippen LogP contribution in [0.2, 0.25) is 0 Å². The highest BCUT2D eigenvalue weighted by atomic mass is 19.1. The highest BCUT2D eigenvalue weighted by Crippen LogP contribution is 2.31. The molecule has 0 bridgehead atoms. The molecule has 0 spiro atoms. The van der Waals surface area contributed by atoms with Gasteiger partial charge < -0.3 is 10.6 Å². The second kappa shape index (κ2) is 9.23. The third-order valence-electron chi connectivity index (χ3n) is 5.41. The number of amides is 6. The molecule has 166 valence electrons. The van der Waals surface area contributed by atoms with Gasteiger partial charge in [-0.05, 0) is 57.2 Å². The molecular formula is C21H24F2N4O4. The fourth-order valence-electron chi connectivity index (χ4n) is 3.73. The molecule has 1 aromatic carbocycles. The van der Waals surface area contributed by atoms with E-state index in [-0.39, 0.29) is 5.56 Å². The van der Waals surface area contributed by atoms with Crippen LogP contribution in [0.15, 0.2) is 29.8 Å². The van der Waals surface area contributed by atoms with E-state index in [9.17, 15) is 28.0 Å². The lowest BCUT2D eigenvalue weighted by molar-refractivity contribution is -0.134. The summed E-state index contributed by atoms with van der Waals surface area (Å²) in [4.78, 5) is 49.6. The first-order valence-electron chi connectivity index (χ1n) is 10.1. The molecule has 0 radical (unpaired) electrons. The van der Waals surface area contributed by atoms with Crippen LogP contribution < -0.4 is 16.0 Å². The van der Waals surface area contributed by atoms with Gasteiger partial charge in [0.25, 0.3) is 5.91 Å². The summed E-state index contributed by atoms with van der Waals surface area (Å²) in [6, 6.07) is 0.853. The predicted molar refractivity (Wildman–Crippen MR) is 107 cm³/mol. The third-order valence-corrected chi connectivity index (χ3v) is 5.41. The van der Waals surface area contributed by atoms with Crippen molar-refractivity contribution in [3.05, 3.63) is 47.0 Å². The number of halogens is 2. The normalized spacial score (nSPS) is 20.9. The van der Waals surface area contributed by atoms with E-state index in [4.69, 9.17) is 0 Å². The summed E-state index contributed by atoms with van der Waals surface area (Å²) in [5, 5.41) is 6.90. The van der Waals surface area contributed by atoms with Gasteiger partial charge in [-0.25, -0.2) is 18.4 Å². The lowest BCUT2D eigenvalue weighted by atomic mass is 9.91. The van der Waals surface area contributed by atoms with E-state index in [1.54, 1.807) is 0 Å². The van der Waals surface area contributed by atoms with Crippen molar-refractivity contribution in [3.63, 3.8) is 0 Å². The number of carbonyl (C=O) groups is 4. The minimum absolute atomic E-state index is 0.352. The van der Waals surface area contributed by atoms with Crippen LogP contribution in [-0.2, 0) is 15.1 Å². The van der Waals surface area contributed by atoms with Crippen molar-refractivity contribution in [2.75, 3.05) is 13.1 Å². The van der Waals surface area contributed by atoms with Gasteiger partial charge in [0.05, 0.1) is 0 Å². The van der Waals surface area contributed by atoms with Crippen LogP contribution in [0.3, 0.4) is 0 Å². The summed E-state index contributed by atoms with van der Waals surface area (Å²) in [5.41, 5.74) is -0.968. The molecule has 1 saturated heterocycles. The van der Waals surface area contributed by atoms with Gasteiger partial charge in [-0.15, -0.1) is 0 Å². The van der Waals surface area contributed by atoms with Gasteiger partial charge in [0.1, 0.15) is 23.7 Å².